The summed E-state index contributed by atoms with van der Waals surface area (Å²) in [6, 6.07) is 9.63. The zero-order valence-corrected chi connectivity index (χ0v) is 12.2. The summed E-state index contributed by atoms with van der Waals surface area (Å²) in [5, 5.41) is 0. The van der Waals surface area contributed by atoms with Crippen molar-refractivity contribution in [1.29, 1.82) is 0 Å². The van der Waals surface area contributed by atoms with Crippen LogP contribution in [0.5, 0.6) is 0 Å². The van der Waals surface area contributed by atoms with E-state index in [1.54, 1.807) is 0 Å². The van der Waals surface area contributed by atoms with Gasteiger partial charge in [0, 0.05) is 12.0 Å². The van der Waals surface area contributed by atoms with E-state index in [4.69, 9.17) is 0 Å². The molecule has 1 aromatic rings. The van der Waals surface area contributed by atoms with Gasteiger partial charge in [0.2, 0.25) is 0 Å². The molecule has 0 spiro atoms. The molecule has 1 aromatic carbocycles. The van der Waals surface area contributed by atoms with Crippen molar-refractivity contribution in [3.05, 3.63) is 35.9 Å². The largest absolute Gasteiger partial charge is 0.303 e. The van der Waals surface area contributed by atoms with Crippen LogP contribution in [-0.4, -0.2) is 30.3 Å². The van der Waals surface area contributed by atoms with Crippen LogP contribution in [0.2, 0.25) is 0 Å². The minimum absolute atomic E-state index is 0.276. The second-order valence-electron chi connectivity index (χ2n) is 6.40. The molecular weight excluding hydrogens is 234 g/mol. The number of benzene rings is 1. The summed E-state index contributed by atoms with van der Waals surface area (Å²) < 4.78 is 0. The lowest BCUT2D eigenvalue weighted by atomic mass is 9.82. The molecule has 0 unspecified atom stereocenters. The Labute approximate surface area is 116 Å². The van der Waals surface area contributed by atoms with Crippen LogP contribution in [0.4, 0.5) is 0 Å². The summed E-state index contributed by atoms with van der Waals surface area (Å²) in [6.07, 6.45) is 4.21. The quantitative estimate of drug-likeness (QED) is 0.750. The van der Waals surface area contributed by atoms with E-state index in [-0.39, 0.29) is 5.78 Å². The van der Waals surface area contributed by atoms with E-state index in [0.717, 1.165) is 18.5 Å². The highest BCUT2D eigenvalue weighted by molar-refractivity contribution is 5.95. The fraction of sp³-hybridized carbons (Fsp3) is 0.588. The highest BCUT2D eigenvalue weighted by Crippen LogP contribution is 2.29. The zero-order valence-electron chi connectivity index (χ0n) is 12.2. The third-order valence-corrected chi connectivity index (χ3v) is 4.18. The molecule has 2 rings (SSSR count). The Morgan fingerprint density at radius 3 is 2.42 bits per heavy atom. The first-order valence-electron chi connectivity index (χ1n) is 7.37. The van der Waals surface area contributed by atoms with Gasteiger partial charge in [-0.2, -0.15) is 0 Å². The first kappa shape index (κ1) is 14.3. The summed E-state index contributed by atoms with van der Waals surface area (Å²) in [5.41, 5.74) is 1.36. The van der Waals surface area contributed by atoms with Crippen molar-refractivity contribution in [2.24, 2.45) is 5.41 Å². The molecule has 0 N–H and O–H groups in total. The molecule has 2 heteroatoms. The molecule has 0 aliphatic carbocycles. The van der Waals surface area contributed by atoms with Crippen LogP contribution in [0.1, 0.15) is 49.9 Å². The van der Waals surface area contributed by atoms with Gasteiger partial charge in [0.1, 0.15) is 0 Å². The number of rotatable bonds is 5. The average Bonchev–Trinajstić information content (AvgIpc) is 2.41. The Hall–Kier alpha value is -1.15. The minimum Gasteiger partial charge on any atom is -0.303 e. The van der Waals surface area contributed by atoms with Crippen molar-refractivity contribution in [3.8, 4) is 0 Å². The van der Waals surface area contributed by atoms with E-state index >= 15 is 0 Å². The molecule has 104 valence electrons. The number of Topliss-reactive ketones (excluding diaryl/α,β-unsaturated/α-hetero) is 1. The van der Waals surface area contributed by atoms with E-state index in [1.807, 2.05) is 30.3 Å². The fourth-order valence-corrected chi connectivity index (χ4v) is 2.61. The smallest absolute Gasteiger partial charge is 0.162 e. The monoisotopic (exact) mass is 259 g/mol. The van der Waals surface area contributed by atoms with Crippen LogP contribution in [0.3, 0.4) is 0 Å². The van der Waals surface area contributed by atoms with Gasteiger partial charge in [-0.25, -0.2) is 0 Å². The van der Waals surface area contributed by atoms with Crippen LogP contribution < -0.4 is 0 Å². The Morgan fingerprint density at radius 2 is 1.79 bits per heavy atom. The molecule has 1 aliphatic rings. The van der Waals surface area contributed by atoms with Crippen LogP contribution in [0.25, 0.3) is 0 Å². The van der Waals surface area contributed by atoms with Gasteiger partial charge >= 0.3 is 0 Å². The Balaban J connectivity index is 1.69. The maximum Gasteiger partial charge on any atom is 0.162 e. The molecule has 19 heavy (non-hydrogen) atoms. The Kier molecular flexibility index (Phi) is 4.76. The van der Waals surface area contributed by atoms with Gasteiger partial charge < -0.3 is 4.90 Å². The molecule has 0 bridgehead atoms. The number of hydrogen-bond donors (Lipinski definition) is 0. The van der Waals surface area contributed by atoms with Gasteiger partial charge in [-0.3, -0.25) is 4.79 Å². The van der Waals surface area contributed by atoms with Crippen molar-refractivity contribution in [2.45, 2.75) is 39.5 Å². The lowest BCUT2D eigenvalue weighted by molar-refractivity contribution is 0.0959. The molecule has 0 atom stereocenters. The topological polar surface area (TPSA) is 20.3 Å². The third-order valence-electron chi connectivity index (χ3n) is 4.18. The fourth-order valence-electron chi connectivity index (χ4n) is 2.61. The molecule has 1 saturated heterocycles. The summed E-state index contributed by atoms with van der Waals surface area (Å²) in [6.45, 7) is 8.14. The SMILES string of the molecule is CC1(C)CCN(CCCC(=O)c2ccccc2)CC1. The van der Waals surface area contributed by atoms with Crippen LogP contribution in [0, 0.1) is 5.41 Å². The predicted molar refractivity (Wildman–Crippen MR) is 79.5 cm³/mol. The maximum atomic E-state index is 12.0. The molecule has 0 saturated carbocycles. The minimum atomic E-state index is 0.276. The maximum absolute atomic E-state index is 12.0. The molecule has 0 aromatic heterocycles. The second kappa shape index (κ2) is 6.33. The summed E-state index contributed by atoms with van der Waals surface area (Å²) >= 11 is 0. The lowest BCUT2D eigenvalue weighted by Gasteiger charge is -2.36. The van der Waals surface area contributed by atoms with Crippen molar-refractivity contribution in [1.82, 2.24) is 4.90 Å². The van der Waals surface area contributed by atoms with Crippen LogP contribution >= 0.6 is 0 Å². The van der Waals surface area contributed by atoms with Gasteiger partial charge in [0.15, 0.2) is 5.78 Å². The molecule has 2 nitrogen and oxygen atoms in total. The number of hydrogen-bond acceptors (Lipinski definition) is 2. The second-order valence-corrected chi connectivity index (χ2v) is 6.40. The molecule has 1 fully saturated rings. The number of carbonyl (C=O) groups excluding carboxylic acids is 1. The average molecular weight is 259 g/mol. The number of carbonyl (C=O) groups is 1. The Morgan fingerprint density at radius 1 is 1.16 bits per heavy atom. The highest BCUT2D eigenvalue weighted by Gasteiger charge is 2.24. The van der Waals surface area contributed by atoms with Crippen LogP contribution in [-0.2, 0) is 0 Å². The van der Waals surface area contributed by atoms with Gasteiger partial charge in [-0.15, -0.1) is 0 Å². The van der Waals surface area contributed by atoms with Crippen molar-refractivity contribution >= 4 is 5.78 Å². The van der Waals surface area contributed by atoms with E-state index in [2.05, 4.69) is 18.7 Å². The first-order chi connectivity index (χ1) is 9.07. The van der Waals surface area contributed by atoms with E-state index in [9.17, 15) is 4.79 Å². The number of likely N-dealkylation sites (tertiary alicyclic amines) is 1. The van der Waals surface area contributed by atoms with Crippen molar-refractivity contribution in [2.75, 3.05) is 19.6 Å². The summed E-state index contributed by atoms with van der Waals surface area (Å²) in [5.74, 6) is 0.276. The predicted octanol–water partition coefficient (Wildman–Crippen LogP) is 3.77. The molecular formula is C17H25NO. The van der Waals surface area contributed by atoms with E-state index < -0.39 is 0 Å². The number of nitrogens with zero attached hydrogens (tertiary/aromatic N) is 1. The Bertz CT molecular complexity index is 401. The summed E-state index contributed by atoms with van der Waals surface area (Å²) in [4.78, 5) is 14.5. The molecule has 0 amide bonds. The highest BCUT2D eigenvalue weighted by atomic mass is 16.1. The van der Waals surface area contributed by atoms with E-state index in [1.165, 1.54) is 25.9 Å². The van der Waals surface area contributed by atoms with Gasteiger partial charge in [-0.05, 0) is 44.3 Å². The third kappa shape index (κ3) is 4.46. The molecule has 1 heterocycles. The standard InChI is InChI=1S/C17H25NO/c1-17(2)10-13-18(14-11-17)12-6-9-16(19)15-7-4-3-5-8-15/h3-5,7-8H,6,9-14H2,1-2H3. The molecule has 0 radical (unpaired) electrons. The van der Waals surface area contributed by atoms with Gasteiger partial charge in [0.25, 0.3) is 0 Å². The van der Waals surface area contributed by atoms with Crippen molar-refractivity contribution < 1.29 is 4.79 Å². The molecule has 1 aliphatic heterocycles. The van der Waals surface area contributed by atoms with Gasteiger partial charge in [0.05, 0.1) is 0 Å². The first-order valence-corrected chi connectivity index (χ1v) is 7.37. The summed E-state index contributed by atoms with van der Waals surface area (Å²) in [7, 11) is 0. The van der Waals surface area contributed by atoms with Crippen molar-refractivity contribution in [3.63, 3.8) is 0 Å². The van der Waals surface area contributed by atoms with Crippen LogP contribution in [0.15, 0.2) is 30.3 Å². The number of piperidine rings is 1. The normalized spacial score (nSPS) is 19.3. The van der Waals surface area contributed by atoms with E-state index in [0.29, 0.717) is 11.8 Å². The number of ketones is 1. The lowest BCUT2D eigenvalue weighted by Crippen LogP contribution is -2.37. The zero-order chi connectivity index (χ0) is 13.7. The van der Waals surface area contributed by atoms with Gasteiger partial charge in [-0.1, -0.05) is 44.2 Å².